The molecule has 9 heteroatoms. The van der Waals surface area contributed by atoms with Gasteiger partial charge >= 0.3 is 5.97 Å². The molecule has 2 rings (SSSR count). The molecule has 0 N–H and O–H groups in total. The zero-order valence-corrected chi connectivity index (χ0v) is 14.1. The Morgan fingerprint density at radius 3 is 2.16 bits per heavy atom. The second-order valence-corrected chi connectivity index (χ2v) is 7.07. The Kier molecular flexibility index (Phi) is 4.98. The number of sulfone groups is 1. The summed E-state index contributed by atoms with van der Waals surface area (Å²) in [4.78, 5) is 34.3. The van der Waals surface area contributed by atoms with E-state index in [1.807, 2.05) is 0 Å². The van der Waals surface area contributed by atoms with E-state index in [1.165, 1.54) is 12.1 Å². The van der Waals surface area contributed by atoms with Gasteiger partial charge in [-0.25, -0.2) is 13.2 Å². The Morgan fingerprint density at radius 2 is 1.68 bits per heavy atom. The molecule has 0 aliphatic rings. The highest BCUT2D eigenvalue weighted by molar-refractivity contribution is 7.90. The summed E-state index contributed by atoms with van der Waals surface area (Å²) in [5, 5.41) is 11.4. The van der Waals surface area contributed by atoms with Gasteiger partial charge in [0.1, 0.15) is 5.56 Å². The highest BCUT2D eigenvalue weighted by atomic mass is 32.2. The topological polar surface area (TPSA) is 121 Å². The fourth-order valence-electron chi connectivity index (χ4n) is 2.23. The predicted octanol–water partition coefficient (Wildman–Crippen LogP) is 2.02. The number of carbonyl (C=O) groups is 2. The molecule has 0 aliphatic carbocycles. The second kappa shape index (κ2) is 6.81. The Morgan fingerprint density at radius 1 is 1.08 bits per heavy atom. The highest BCUT2D eigenvalue weighted by Gasteiger charge is 2.31. The van der Waals surface area contributed by atoms with Crippen LogP contribution in [0, 0.1) is 10.1 Å². The lowest BCUT2D eigenvalue weighted by Crippen LogP contribution is -2.15. The van der Waals surface area contributed by atoms with E-state index >= 15 is 0 Å². The number of rotatable bonds is 5. The number of nitrogens with zero attached hydrogens (tertiary/aromatic N) is 1. The van der Waals surface area contributed by atoms with Gasteiger partial charge in [-0.15, -0.1) is 0 Å². The van der Waals surface area contributed by atoms with Crippen LogP contribution in [0.1, 0.15) is 26.3 Å². The van der Waals surface area contributed by atoms with Crippen LogP contribution in [0.3, 0.4) is 0 Å². The maximum Gasteiger partial charge on any atom is 0.338 e. The molecule has 2 aromatic rings. The lowest BCUT2D eigenvalue weighted by Gasteiger charge is -2.10. The minimum Gasteiger partial charge on any atom is -0.465 e. The first kappa shape index (κ1) is 18.3. The monoisotopic (exact) mass is 363 g/mol. The van der Waals surface area contributed by atoms with E-state index in [0.717, 1.165) is 25.5 Å². The average Bonchev–Trinajstić information content (AvgIpc) is 2.59. The molecular formula is C16H13NO7S. The number of benzene rings is 2. The molecule has 0 saturated heterocycles. The number of carbonyl (C=O) groups excluding carboxylic acids is 2. The van der Waals surface area contributed by atoms with Crippen LogP contribution >= 0.6 is 0 Å². The number of methoxy groups -OCH3 is 1. The summed E-state index contributed by atoms with van der Waals surface area (Å²) >= 11 is 0. The number of ether oxygens (including phenoxy) is 1. The van der Waals surface area contributed by atoms with Crippen molar-refractivity contribution in [1.29, 1.82) is 0 Å². The largest absolute Gasteiger partial charge is 0.465 e. The molecule has 0 fully saturated rings. The molecule has 0 heterocycles. The van der Waals surface area contributed by atoms with E-state index in [0.29, 0.717) is 0 Å². The third-order valence-corrected chi connectivity index (χ3v) is 4.48. The van der Waals surface area contributed by atoms with Gasteiger partial charge < -0.3 is 4.74 Å². The average molecular weight is 363 g/mol. The summed E-state index contributed by atoms with van der Waals surface area (Å²) in [7, 11) is -2.99. The fourth-order valence-corrected chi connectivity index (χ4v) is 3.14. The zero-order valence-electron chi connectivity index (χ0n) is 13.3. The summed E-state index contributed by atoms with van der Waals surface area (Å²) < 4.78 is 28.7. The van der Waals surface area contributed by atoms with E-state index in [9.17, 15) is 28.1 Å². The van der Waals surface area contributed by atoms with E-state index in [1.54, 1.807) is 18.2 Å². The van der Waals surface area contributed by atoms with Gasteiger partial charge in [0.2, 0.25) is 5.78 Å². The van der Waals surface area contributed by atoms with Crippen molar-refractivity contribution in [3.8, 4) is 0 Å². The van der Waals surface area contributed by atoms with Gasteiger partial charge in [0, 0.05) is 17.9 Å². The smallest absolute Gasteiger partial charge is 0.338 e. The van der Waals surface area contributed by atoms with Crippen LogP contribution in [0.5, 0.6) is 0 Å². The number of hydrogen-bond acceptors (Lipinski definition) is 7. The number of hydrogen-bond donors (Lipinski definition) is 0. The Bertz CT molecular complexity index is 965. The van der Waals surface area contributed by atoms with Crippen molar-refractivity contribution >= 4 is 27.3 Å². The van der Waals surface area contributed by atoms with Crippen LogP contribution in [-0.4, -0.2) is 38.5 Å². The van der Waals surface area contributed by atoms with Crippen LogP contribution in [0.25, 0.3) is 0 Å². The van der Waals surface area contributed by atoms with Crippen molar-refractivity contribution in [1.82, 2.24) is 0 Å². The van der Waals surface area contributed by atoms with E-state index < -0.39 is 42.7 Å². The lowest BCUT2D eigenvalue weighted by molar-refractivity contribution is -0.385. The summed E-state index contributed by atoms with van der Waals surface area (Å²) in [6.07, 6.45) is 0.800. The Balaban J connectivity index is 2.87. The number of nitro groups is 1. The van der Waals surface area contributed by atoms with Crippen LogP contribution in [0.4, 0.5) is 5.69 Å². The normalized spacial score (nSPS) is 11.0. The Hall–Kier alpha value is -3.07. The van der Waals surface area contributed by atoms with E-state index in [2.05, 4.69) is 4.74 Å². The van der Waals surface area contributed by atoms with Gasteiger partial charge in [0.05, 0.1) is 22.5 Å². The third-order valence-electron chi connectivity index (χ3n) is 3.36. The van der Waals surface area contributed by atoms with Gasteiger partial charge in [-0.1, -0.05) is 30.3 Å². The molecule has 25 heavy (non-hydrogen) atoms. The molecule has 0 unspecified atom stereocenters. The molecule has 0 atom stereocenters. The highest BCUT2D eigenvalue weighted by Crippen LogP contribution is 2.30. The van der Waals surface area contributed by atoms with Crippen molar-refractivity contribution in [3.63, 3.8) is 0 Å². The number of nitro benzene ring substituents is 1. The van der Waals surface area contributed by atoms with Gasteiger partial charge in [-0.05, 0) is 6.07 Å². The first-order valence-electron chi connectivity index (χ1n) is 6.87. The number of esters is 1. The summed E-state index contributed by atoms with van der Waals surface area (Å²) in [6.45, 7) is 0. The molecule has 0 aromatic heterocycles. The van der Waals surface area contributed by atoms with Gasteiger partial charge in [0.15, 0.2) is 9.84 Å². The van der Waals surface area contributed by atoms with Gasteiger partial charge in [0.25, 0.3) is 5.69 Å². The van der Waals surface area contributed by atoms with Crippen LogP contribution in [0.15, 0.2) is 47.4 Å². The maximum atomic E-state index is 12.7. The summed E-state index contributed by atoms with van der Waals surface area (Å²) in [6, 6.07) is 9.28. The van der Waals surface area contributed by atoms with Crippen molar-refractivity contribution in [2.24, 2.45) is 0 Å². The fraction of sp³-hybridized carbons (Fsp3) is 0.125. The molecule has 130 valence electrons. The minimum absolute atomic E-state index is 0.0846. The van der Waals surface area contributed by atoms with Crippen molar-refractivity contribution in [3.05, 3.63) is 69.3 Å². The summed E-state index contributed by atoms with van der Waals surface area (Å²) in [5.74, 6) is -1.78. The SMILES string of the molecule is COC(=O)c1cc([N+](=O)[O-])c(C(=O)c2ccccc2)c(S(C)(=O)=O)c1. The molecular weight excluding hydrogens is 350 g/mol. The third kappa shape index (κ3) is 3.72. The lowest BCUT2D eigenvalue weighted by atomic mass is 10.00. The standard InChI is InChI=1S/C16H13NO7S/c1-24-16(19)11-8-12(17(20)21)14(13(9-11)25(2,22)23)15(18)10-6-4-3-5-7-10/h3-9H,1-2H3. The maximum absolute atomic E-state index is 12.7. The van der Waals surface area contributed by atoms with Crippen molar-refractivity contribution in [2.45, 2.75) is 4.90 Å². The van der Waals surface area contributed by atoms with E-state index in [4.69, 9.17) is 0 Å². The molecule has 8 nitrogen and oxygen atoms in total. The molecule has 0 amide bonds. The predicted molar refractivity (Wildman–Crippen MR) is 87.4 cm³/mol. The molecule has 2 aromatic carbocycles. The van der Waals surface area contributed by atoms with Crippen LogP contribution in [0.2, 0.25) is 0 Å². The molecule has 0 saturated carbocycles. The first-order chi connectivity index (χ1) is 11.7. The van der Waals surface area contributed by atoms with E-state index in [-0.39, 0.29) is 11.1 Å². The molecule has 0 bridgehead atoms. The van der Waals surface area contributed by atoms with Crippen LogP contribution < -0.4 is 0 Å². The summed E-state index contributed by atoms with van der Waals surface area (Å²) in [5.41, 5.74) is -1.62. The van der Waals surface area contributed by atoms with Gasteiger partial charge in [-0.3, -0.25) is 14.9 Å². The first-order valence-corrected chi connectivity index (χ1v) is 8.76. The van der Waals surface area contributed by atoms with Crippen molar-refractivity contribution < 1.29 is 27.7 Å². The Labute approximate surface area is 143 Å². The second-order valence-electron chi connectivity index (χ2n) is 5.08. The number of ketones is 1. The molecule has 0 aliphatic heterocycles. The van der Waals surface area contributed by atoms with Crippen molar-refractivity contribution in [2.75, 3.05) is 13.4 Å². The van der Waals surface area contributed by atoms with Gasteiger partial charge in [-0.2, -0.15) is 0 Å². The molecule has 0 radical (unpaired) electrons. The molecule has 0 spiro atoms. The quantitative estimate of drug-likeness (QED) is 0.345. The zero-order chi connectivity index (χ0) is 18.8. The van der Waals surface area contributed by atoms with Crippen LogP contribution in [-0.2, 0) is 14.6 Å². The minimum atomic E-state index is -4.04.